The Bertz CT molecular complexity index is 1180. The Labute approximate surface area is 215 Å². The molecule has 4 rings (SSSR count). The molecular weight excluding hydrogens is 480 g/mol. The molecule has 1 aliphatic rings. The molecule has 192 valence electrons. The fourth-order valence-electron chi connectivity index (χ4n) is 3.59. The average molecular weight is 513 g/mol. The molecule has 3 aromatic rings. The van der Waals surface area contributed by atoms with Crippen LogP contribution in [0.15, 0.2) is 46.0 Å². The standard InChI is InChI=1S/C26H32N4O5S/c1-30(12-11-17-5-9-21(33-3)23(13-17)34-4)24-14-19(15-32-2)28-26(29-24)36-16-20-8-10-22(35-20)25(31)27-18-6-7-18/h5,8-10,13-14,18H,6-7,11-12,15-16H2,1-4H3,(H,27,31). The van der Waals surface area contributed by atoms with E-state index in [-0.39, 0.29) is 5.91 Å². The van der Waals surface area contributed by atoms with Gasteiger partial charge in [0.15, 0.2) is 22.4 Å². The van der Waals surface area contributed by atoms with Crippen molar-refractivity contribution in [2.24, 2.45) is 0 Å². The van der Waals surface area contributed by atoms with E-state index in [2.05, 4.69) is 15.2 Å². The first-order valence-electron chi connectivity index (χ1n) is 11.8. The van der Waals surface area contributed by atoms with Crippen LogP contribution in [-0.4, -0.2) is 56.8 Å². The molecule has 2 aromatic heterocycles. The molecule has 0 unspecified atom stereocenters. The Morgan fingerprint density at radius 3 is 2.64 bits per heavy atom. The highest BCUT2D eigenvalue weighted by molar-refractivity contribution is 7.98. The third kappa shape index (κ3) is 6.92. The predicted molar refractivity (Wildman–Crippen MR) is 138 cm³/mol. The Morgan fingerprint density at radius 2 is 1.92 bits per heavy atom. The van der Waals surface area contributed by atoms with Gasteiger partial charge in [-0.1, -0.05) is 17.8 Å². The van der Waals surface area contributed by atoms with E-state index in [1.165, 1.54) is 11.8 Å². The minimum atomic E-state index is -0.162. The van der Waals surface area contributed by atoms with Gasteiger partial charge in [0.25, 0.3) is 5.91 Å². The number of carbonyl (C=O) groups is 1. The normalized spacial score (nSPS) is 12.9. The number of benzene rings is 1. The van der Waals surface area contributed by atoms with E-state index in [4.69, 9.17) is 23.6 Å². The van der Waals surface area contributed by atoms with Crippen LogP contribution in [0.3, 0.4) is 0 Å². The topological polar surface area (TPSA) is 99.0 Å². The number of furan rings is 1. The second-order valence-corrected chi connectivity index (χ2v) is 9.54. The van der Waals surface area contributed by atoms with Crippen LogP contribution in [0.25, 0.3) is 0 Å². The fourth-order valence-corrected chi connectivity index (χ4v) is 4.35. The average Bonchev–Trinajstić information content (AvgIpc) is 3.58. The lowest BCUT2D eigenvalue weighted by Crippen LogP contribution is -2.24. The van der Waals surface area contributed by atoms with Crippen molar-refractivity contribution in [1.29, 1.82) is 0 Å². The SMILES string of the molecule is COCc1cc(N(C)CCc2ccc(OC)c(OC)c2)nc(SCc2ccc(C(=O)NC3CC3)o2)n1. The number of anilines is 1. The van der Waals surface area contributed by atoms with Gasteiger partial charge in [-0.15, -0.1) is 0 Å². The lowest BCUT2D eigenvalue weighted by molar-refractivity contribution is 0.0922. The molecule has 0 radical (unpaired) electrons. The summed E-state index contributed by atoms with van der Waals surface area (Å²) in [6, 6.07) is 11.7. The summed E-state index contributed by atoms with van der Waals surface area (Å²) in [5.41, 5.74) is 1.94. The zero-order valence-electron chi connectivity index (χ0n) is 21.1. The van der Waals surface area contributed by atoms with Crippen molar-refractivity contribution in [3.63, 3.8) is 0 Å². The molecule has 1 saturated carbocycles. The summed E-state index contributed by atoms with van der Waals surface area (Å²) in [6.45, 7) is 1.14. The van der Waals surface area contributed by atoms with Gasteiger partial charge in [-0.05, 0) is 49.1 Å². The highest BCUT2D eigenvalue weighted by Crippen LogP contribution is 2.28. The number of thioether (sulfide) groups is 1. The van der Waals surface area contributed by atoms with Crippen LogP contribution < -0.4 is 19.7 Å². The highest BCUT2D eigenvalue weighted by Gasteiger charge is 2.25. The zero-order chi connectivity index (χ0) is 25.5. The van der Waals surface area contributed by atoms with Crippen molar-refractivity contribution < 1.29 is 23.4 Å². The number of carbonyl (C=O) groups excluding carboxylic acids is 1. The molecule has 1 fully saturated rings. The van der Waals surface area contributed by atoms with Crippen LogP contribution in [0.4, 0.5) is 5.82 Å². The highest BCUT2D eigenvalue weighted by atomic mass is 32.2. The van der Waals surface area contributed by atoms with Gasteiger partial charge in [0.05, 0.1) is 32.3 Å². The van der Waals surface area contributed by atoms with Crippen molar-refractivity contribution in [1.82, 2.24) is 15.3 Å². The second kappa shape index (κ2) is 12.1. The van der Waals surface area contributed by atoms with Gasteiger partial charge in [0.2, 0.25) is 0 Å². The third-order valence-electron chi connectivity index (χ3n) is 5.75. The number of ether oxygens (including phenoxy) is 3. The Balaban J connectivity index is 1.40. The Hall–Kier alpha value is -3.24. The number of methoxy groups -OCH3 is 3. The van der Waals surface area contributed by atoms with E-state index < -0.39 is 0 Å². The van der Waals surface area contributed by atoms with Crippen molar-refractivity contribution in [2.75, 3.05) is 39.8 Å². The summed E-state index contributed by atoms with van der Waals surface area (Å²) in [7, 11) is 6.92. The first-order valence-corrected chi connectivity index (χ1v) is 12.8. The second-order valence-electron chi connectivity index (χ2n) is 8.60. The van der Waals surface area contributed by atoms with Gasteiger partial charge in [-0.2, -0.15) is 0 Å². The van der Waals surface area contributed by atoms with Gasteiger partial charge < -0.3 is 28.8 Å². The van der Waals surface area contributed by atoms with Crippen molar-refractivity contribution in [3.05, 3.63) is 59.2 Å². The molecule has 2 heterocycles. The monoisotopic (exact) mass is 512 g/mol. The quantitative estimate of drug-likeness (QED) is 0.268. The minimum Gasteiger partial charge on any atom is -0.493 e. The maximum atomic E-state index is 12.2. The van der Waals surface area contributed by atoms with E-state index in [9.17, 15) is 4.79 Å². The summed E-state index contributed by atoms with van der Waals surface area (Å²) < 4.78 is 21.8. The summed E-state index contributed by atoms with van der Waals surface area (Å²) in [5, 5.41) is 3.56. The number of rotatable bonds is 13. The summed E-state index contributed by atoms with van der Waals surface area (Å²) in [6.07, 6.45) is 2.88. The molecular formula is C26H32N4O5S. The lowest BCUT2D eigenvalue weighted by atomic mass is 10.1. The molecule has 1 N–H and O–H groups in total. The predicted octanol–water partition coefficient (Wildman–Crippen LogP) is 4.10. The van der Waals surface area contributed by atoms with Crippen LogP contribution in [0.2, 0.25) is 0 Å². The molecule has 0 bridgehead atoms. The van der Waals surface area contributed by atoms with E-state index in [0.717, 1.165) is 42.9 Å². The number of nitrogens with one attached hydrogen (secondary N) is 1. The summed E-state index contributed by atoms with van der Waals surface area (Å²) in [5.74, 6) is 3.62. The molecule has 10 heteroatoms. The van der Waals surface area contributed by atoms with Gasteiger partial charge in [-0.3, -0.25) is 4.79 Å². The van der Waals surface area contributed by atoms with Crippen LogP contribution in [0.1, 0.15) is 40.4 Å². The van der Waals surface area contributed by atoms with Gasteiger partial charge in [0.1, 0.15) is 11.6 Å². The van der Waals surface area contributed by atoms with Gasteiger partial charge in [0, 0.05) is 32.8 Å². The third-order valence-corrected chi connectivity index (χ3v) is 6.62. The maximum absolute atomic E-state index is 12.2. The molecule has 9 nitrogen and oxygen atoms in total. The van der Waals surface area contributed by atoms with E-state index >= 15 is 0 Å². The van der Waals surface area contributed by atoms with Crippen LogP contribution in [-0.2, 0) is 23.5 Å². The summed E-state index contributed by atoms with van der Waals surface area (Å²) in [4.78, 5) is 23.6. The Morgan fingerprint density at radius 1 is 1.11 bits per heavy atom. The van der Waals surface area contributed by atoms with Crippen LogP contribution in [0, 0.1) is 0 Å². The number of amides is 1. The number of hydrogen-bond acceptors (Lipinski definition) is 9. The van der Waals surface area contributed by atoms with Gasteiger partial charge >= 0.3 is 0 Å². The number of hydrogen-bond donors (Lipinski definition) is 1. The summed E-state index contributed by atoms with van der Waals surface area (Å²) >= 11 is 1.46. The van der Waals surface area contributed by atoms with Crippen molar-refractivity contribution in [3.8, 4) is 11.5 Å². The maximum Gasteiger partial charge on any atom is 0.287 e. The molecule has 1 aromatic carbocycles. The molecule has 0 aliphatic heterocycles. The molecule has 1 aliphatic carbocycles. The molecule has 0 atom stereocenters. The van der Waals surface area contributed by atoms with Gasteiger partial charge in [-0.25, -0.2) is 9.97 Å². The van der Waals surface area contributed by atoms with Crippen molar-refractivity contribution >= 4 is 23.5 Å². The van der Waals surface area contributed by atoms with E-state index in [1.807, 2.05) is 37.4 Å². The van der Waals surface area contributed by atoms with E-state index in [1.54, 1.807) is 27.4 Å². The first-order chi connectivity index (χ1) is 17.5. The Kier molecular flexibility index (Phi) is 8.71. The van der Waals surface area contributed by atoms with Crippen molar-refractivity contribution in [2.45, 2.75) is 42.8 Å². The smallest absolute Gasteiger partial charge is 0.287 e. The van der Waals surface area contributed by atoms with E-state index in [0.29, 0.717) is 46.6 Å². The van der Waals surface area contributed by atoms with Crippen LogP contribution >= 0.6 is 11.8 Å². The fraction of sp³-hybridized carbons (Fsp3) is 0.423. The van der Waals surface area contributed by atoms with Crippen LogP contribution in [0.5, 0.6) is 11.5 Å². The zero-order valence-corrected chi connectivity index (χ0v) is 21.9. The molecule has 0 spiro atoms. The molecule has 36 heavy (non-hydrogen) atoms. The number of nitrogens with zero attached hydrogens (tertiary/aromatic N) is 3. The minimum absolute atomic E-state index is 0.162. The first kappa shape index (κ1) is 25.8. The number of aromatic nitrogens is 2. The molecule has 1 amide bonds. The largest absolute Gasteiger partial charge is 0.493 e. The lowest BCUT2D eigenvalue weighted by Gasteiger charge is -2.20. The number of likely N-dealkylation sites (N-methyl/N-ethyl adjacent to an activating group) is 1. The molecule has 0 saturated heterocycles.